The van der Waals surface area contributed by atoms with Crippen molar-refractivity contribution in [1.29, 1.82) is 0 Å². The minimum absolute atomic E-state index is 0.158. The highest BCUT2D eigenvalue weighted by Gasteiger charge is 2.06. The van der Waals surface area contributed by atoms with E-state index in [4.69, 9.17) is 5.11 Å². The predicted octanol–water partition coefficient (Wildman–Crippen LogP) is 3.54. The summed E-state index contributed by atoms with van der Waals surface area (Å²) in [5.74, 6) is -0.231. The maximum absolute atomic E-state index is 10.4. The molecule has 0 bridgehead atoms. The average molecular weight is 318 g/mol. The van der Waals surface area contributed by atoms with Gasteiger partial charge in [-0.1, -0.05) is 38.1 Å². The van der Waals surface area contributed by atoms with Gasteiger partial charge in [0.1, 0.15) is 0 Å². The van der Waals surface area contributed by atoms with E-state index in [0.717, 1.165) is 29.2 Å². The van der Waals surface area contributed by atoms with Crippen LogP contribution in [0.3, 0.4) is 0 Å². The summed E-state index contributed by atoms with van der Waals surface area (Å²) in [5.41, 5.74) is 3.49. The molecule has 22 heavy (non-hydrogen) atoms. The SMILES string of the molecule is CC(C)c1ccc(-c2csc(CCNCCC(=O)O)n2)cc1. The molecule has 4 nitrogen and oxygen atoms in total. The van der Waals surface area contributed by atoms with Gasteiger partial charge in [0, 0.05) is 30.5 Å². The van der Waals surface area contributed by atoms with Crippen LogP contribution in [0.25, 0.3) is 11.3 Å². The number of rotatable bonds is 8. The third-order valence-electron chi connectivity index (χ3n) is 3.46. The van der Waals surface area contributed by atoms with E-state index in [-0.39, 0.29) is 6.42 Å². The van der Waals surface area contributed by atoms with Crippen molar-refractivity contribution in [3.05, 3.63) is 40.2 Å². The molecule has 0 radical (unpaired) electrons. The number of carbonyl (C=O) groups is 1. The van der Waals surface area contributed by atoms with E-state index in [1.54, 1.807) is 11.3 Å². The zero-order valence-electron chi connectivity index (χ0n) is 13.0. The molecule has 0 aliphatic rings. The molecule has 2 N–H and O–H groups in total. The second-order valence-corrected chi connectivity index (χ2v) is 6.49. The Hall–Kier alpha value is -1.72. The Morgan fingerprint density at radius 1 is 1.27 bits per heavy atom. The molecule has 0 saturated carbocycles. The molecule has 0 saturated heterocycles. The highest BCUT2D eigenvalue weighted by molar-refractivity contribution is 7.09. The summed E-state index contributed by atoms with van der Waals surface area (Å²) in [6, 6.07) is 8.57. The van der Waals surface area contributed by atoms with E-state index < -0.39 is 5.97 Å². The van der Waals surface area contributed by atoms with Gasteiger partial charge in [0.2, 0.25) is 0 Å². The molecular weight excluding hydrogens is 296 g/mol. The van der Waals surface area contributed by atoms with Gasteiger partial charge in [0.05, 0.1) is 17.1 Å². The Labute approximate surface area is 135 Å². The van der Waals surface area contributed by atoms with Crippen molar-refractivity contribution in [3.63, 3.8) is 0 Å². The highest BCUT2D eigenvalue weighted by Crippen LogP contribution is 2.24. The number of thiazole rings is 1. The van der Waals surface area contributed by atoms with Crippen LogP contribution in [-0.4, -0.2) is 29.1 Å². The van der Waals surface area contributed by atoms with Crippen molar-refractivity contribution in [1.82, 2.24) is 10.3 Å². The fourth-order valence-corrected chi connectivity index (χ4v) is 2.92. The summed E-state index contributed by atoms with van der Waals surface area (Å²) in [4.78, 5) is 15.1. The smallest absolute Gasteiger partial charge is 0.304 e. The number of carboxylic acid groups (broad SMARTS) is 1. The van der Waals surface area contributed by atoms with E-state index in [1.165, 1.54) is 5.56 Å². The Bertz CT molecular complexity index is 605. The number of carboxylic acids is 1. The van der Waals surface area contributed by atoms with Crippen LogP contribution in [0, 0.1) is 0 Å². The van der Waals surface area contributed by atoms with Gasteiger partial charge in [-0.05, 0) is 11.5 Å². The number of hydrogen-bond donors (Lipinski definition) is 2. The number of benzene rings is 1. The first-order valence-corrected chi connectivity index (χ1v) is 8.41. The molecule has 1 aromatic carbocycles. The van der Waals surface area contributed by atoms with Crippen molar-refractivity contribution in [3.8, 4) is 11.3 Å². The van der Waals surface area contributed by atoms with Crippen LogP contribution >= 0.6 is 11.3 Å². The molecule has 1 heterocycles. The van der Waals surface area contributed by atoms with Crippen LogP contribution in [-0.2, 0) is 11.2 Å². The van der Waals surface area contributed by atoms with E-state index >= 15 is 0 Å². The third-order valence-corrected chi connectivity index (χ3v) is 4.36. The van der Waals surface area contributed by atoms with Gasteiger partial charge in [-0.3, -0.25) is 4.79 Å². The molecule has 1 aromatic heterocycles. The van der Waals surface area contributed by atoms with Crippen LogP contribution < -0.4 is 5.32 Å². The summed E-state index contributed by atoms with van der Waals surface area (Å²) in [5, 5.41) is 14.8. The standard InChI is InChI=1S/C17H22N2O2S/c1-12(2)13-3-5-14(6-4-13)15-11-22-16(19-15)7-9-18-10-8-17(20)21/h3-6,11-12,18H,7-10H2,1-2H3,(H,20,21). The van der Waals surface area contributed by atoms with Gasteiger partial charge in [0.15, 0.2) is 0 Å². The second kappa shape index (κ2) is 8.06. The van der Waals surface area contributed by atoms with E-state index in [2.05, 4.69) is 53.8 Å². The summed E-state index contributed by atoms with van der Waals surface area (Å²) < 4.78 is 0. The molecule has 2 aromatic rings. The first kappa shape index (κ1) is 16.6. The maximum Gasteiger partial charge on any atom is 0.304 e. The molecule has 0 aliphatic heterocycles. The predicted molar refractivity (Wildman–Crippen MR) is 90.5 cm³/mol. The summed E-state index contributed by atoms with van der Waals surface area (Å²) in [6.45, 7) is 5.64. The Balaban J connectivity index is 1.87. The molecule has 0 aliphatic carbocycles. The van der Waals surface area contributed by atoms with Crippen molar-refractivity contribution in [2.45, 2.75) is 32.6 Å². The van der Waals surface area contributed by atoms with Crippen LogP contribution in [0.15, 0.2) is 29.6 Å². The van der Waals surface area contributed by atoms with Crippen LogP contribution in [0.4, 0.5) is 0 Å². The highest BCUT2D eigenvalue weighted by atomic mass is 32.1. The van der Waals surface area contributed by atoms with Gasteiger partial charge in [-0.2, -0.15) is 0 Å². The van der Waals surface area contributed by atoms with Crippen molar-refractivity contribution in [2.24, 2.45) is 0 Å². The molecule has 0 spiro atoms. The molecule has 0 amide bonds. The van der Waals surface area contributed by atoms with E-state index in [0.29, 0.717) is 12.5 Å². The number of aliphatic carboxylic acids is 1. The minimum atomic E-state index is -0.770. The minimum Gasteiger partial charge on any atom is -0.481 e. The van der Waals surface area contributed by atoms with Gasteiger partial charge < -0.3 is 10.4 Å². The molecule has 5 heteroatoms. The number of nitrogens with zero attached hydrogens (tertiary/aromatic N) is 1. The molecule has 2 rings (SSSR count). The van der Waals surface area contributed by atoms with E-state index in [9.17, 15) is 4.79 Å². The number of nitrogens with one attached hydrogen (secondary N) is 1. The summed E-state index contributed by atoms with van der Waals surface area (Å²) in [6.07, 6.45) is 0.986. The first-order valence-electron chi connectivity index (χ1n) is 7.53. The van der Waals surface area contributed by atoms with Crippen LogP contribution in [0.5, 0.6) is 0 Å². The van der Waals surface area contributed by atoms with Crippen molar-refractivity contribution >= 4 is 17.3 Å². The fraction of sp³-hybridized carbons (Fsp3) is 0.412. The lowest BCUT2D eigenvalue weighted by Gasteiger charge is -2.05. The van der Waals surface area contributed by atoms with Crippen LogP contribution in [0.2, 0.25) is 0 Å². The second-order valence-electron chi connectivity index (χ2n) is 5.55. The van der Waals surface area contributed by atoms with Crippen molar-refractivity contribution < 1.29 is 9.90 Å². The Morgan fingerprint density at radius 3 is 2.64 bits per heavy atom. The lowest BCUT2D eigenvalue weighted by atomic mass is 10.0. The Kier molecular flexibility index (Phi) is 6.10. The number of hydrogen-bond acceptors (Lipinski definition) is 4. The van der Waals surface area contributed by atoms with Gasteiger partial charge in [-0.25, -0.2) is 4.98 Å². The average Bonchev–Trinajstić information content (AvgIpc) is 2.95. The van der Waals surface area contributed by atoms with Crippen LogP contribution in [0.1, 0.15) is 36.8 Å². The molecule has 118 valence electrons. The van der Waals surface area contributed by atoms with Crippen molar-refractivity contribution in [2.75, 3.05) is 13.1 Å². The summed E-state index contributed by atoms with van der Waals surface area (Å²) in [7, 11) is 0. The molecule has 0 atom stereocenters. The third kappa shape index (κ3) is 4.93. The quantitative estimate of drug-likeness (QED) is 0.731. The first-order chi connectivity index (χ1) is 10.6. The topological polar surface area (TPSA) is 62.2 Å². The fourth-order valence-electron chi connectivity index (χ4n) is 2.11. The normalized spacial score (nSPS) is 11.0. The molecule has 0 unspecified atom stereocenters. The van der Waals surface area contributed by atoms with Gasteiger partial charge in [-0.15, -0.1) is 11.3 Å². The number of aromatic nitrogens is 1. The maximum atomic E-state index is 10.4. The lowest BCUT2D eigenvalue weighted by Crippen LogP contribution is -2.20. The van der Waals surface area contributed by atoms with Gasteiger partial charge >= 0.3 is 5.97 Å². The summed E-state index contributed by atoms with van der Waals surface area (Å²) >= 11 is 1.65. The molecular formula is C17H22N2O2S. The zero-order valence-corrected chi connectivity index (χ0v) is 13.8. The van der Waals surface area contributed by atoms with Gasteiger partial charge in [0.25, 0.3) is 0 Å². The largest absolute Gasteiger partial charge is 0.481 e. The monoisotopic (exact) mass is 318 g/mol. The zero-order chi connectivity index (χ0) is 15.9. The molecule has 0 fully saturated rings. The van der Waals surface area contributed by atoms with E-state index in [1.807, 2.05) is 0 Å². The lowest BCUT2D eigenvalue weighted by molar-refractivity contribution is -0.136. The Morgan fingerprint density at radius 2 is 2.00 bits per heavy atom.